The van der Waals surface area contributed by atoms with Crippen LogP contribution in [0.25, 0.3) is 10.8 Å². The summed E-state index contributed by atoms with van der Waals surface area (Å²) >= 11 is 0. The molecule has 3 atom stereocenters. The summed E-state index contributed by atoms with van der Waals surface area (Å²) in [6.45, 7) is 5.66. The van der Waals surface area contributed by atoms with Crippen molar-refractivity contribution in [3.05, 3.63) is 42.2 Å². The molecule has 19 heavy (non-hydrogen) atoms. The topological polar surface area (TPSA) is 24.9 Å². The molecule has 1 aromatic carbocycles. The average molecular weight is 254 g/mol. The number of rotatable bonds is 3. The Morgan fingerprint density at radius 2 is 2.16 bits per heavy atom. The zero-order valence-corrected chi connectivity index (χ0v) is 11.8. The lowest BCUT2D eigenvalue weighted by Crippen LogP contribution is -2.32. The lowest BCUT2D eigenvalue weighted by molar-refractivity contribution is 0.413. The second kappa shape index (κ2) is 5.30. The van der Waals surface area contributed by atoms with Crippen LogP contribution in [0.4, 0.5) is 0 Å². The zero-order chi connectivity index (χ0) is 13.2. The van der Waals surface area contributed by atoms with Crippen LogP contribution < -0.4 is 5.32 Å². The van der Waals surface area contributed by atoms with Crippen molar-refractivity contribution in [1.29, 1.82) is 0 Å². The van der Waals surface area contributed by atoms with E-state index in [9.17, 15) is 0 Å². The molecule has 3 unspecified atom stereocenters. The van der Waals surface area contributed by atoms with Gasteiger partial charge in [0.25, 0.3) is 0 Å². The fraction of sp³-hybridized carbons (Fsp3) is 0.471. The first kappa shape index (κ1) is 12.6. The Labute approximate surface area is 115 Å². The molecule has 0 spiro atoms. The van der Waals surface area contributed by atoms with Gasteiger partial charge in [-0.25, -0.2) is 0 Å². The van der Waals surface area contributed by atoms with E-state index in [1.165, 1.54) is 29.2 Å². The fourth-order valence-corrected chi connectivity index (χ4v) is 3.63. The largest absolute Gasteiger partial charge is 0.314 e. The van der Waals surface area contributed by atoms with Crippen molar-refractivity contribution < 1.29 is 0 Å². The maximum atomic E-state index is 4.23. The highest BCUT2D eigenvalue weighted by Crippen LogP contribution is 2.41. The van der Waals surface area contributed by atoms with Gasteiger partial charge in [0.15, 0.2) is 0 Å². The van der Waals surface area contributed by atoms with Crippen molar-refractivity contribution in [3.8, 4) is 0 Å². The fourth-order valence-electron chi connectivity index (χ4n) is 3.63. The Morgan fingerprint density at radius 3 is 3.00 bits per heavy atom. The third kappa shape index (κ3) is 2.25. The highest BCUT2D eigenvalue weighted by atomic mass is 14.9. The predicted octanol–water partition coefficient (Wildman–Crippen LogP) is 3.73. The summed E-state index contributed by atoms with van der Waals surface area (Å²) in [6, 6.07) is 9.47. The van der Waals surface area contributed by atoms with E-state index in [1.807, 2.05) is 12.4 Å². The summed E-state index contributed by atoms with van der Waals surface area (Å²) < 4.78 is 0. The molecule has 1 saturated carbocycles. The lowest BCUT2D eigenvalue weighted by atomic mass is 9.86. The average Bonchev–Trinajstić information content (AvgIpc) is 2.80. The first-order chi connectivity index (χ1) is 9.31. The van der Waals surface area contributed by atoms with Crippen molar-refractivity contribution in [2.24, 2.45) is 5.92 Å². The van der Waals surface area contributed by atoms with Gasteiger partial charge in [-0.15, -0.1) is 0 Å². The Kier molecular flexibility index (Phi) is 3.52. The van der Waals surface area contributed by atoms with Gasteiger partial charge in [-0.1, -0.05) is 32.0 Å². The van der Waals surface area contributed by atoms with Crippen LogP contribution in [-0.2, 0) is 0 Å². The van der Waals surface area contributed by atoms with Gasteiger partial charge in [-0.3, -0.25) is 4.98 Å². The minimum absolute atomic E-state index is 0.673. The molecule has 0 saturated heterocycles. The van der Waals surface area contributed by atoms with Crippen molar-refractivity contribution in [1.82, 2.24) is 10.3 Å². The normalized spacial score (nSPS) is 26.9. The van der Waals surface area contributed by atoms with Crippen molar-refractivity contribution in [2.45, 2.75) is 38.6 Å². The van der Waals surface area contributed by atoms with Crippen molar-refractivity contribution in [3.63, 3.8) is 0 Å². The van der Waals surface area contributed by atoms with E-state index in [4.69, 9.17) is 0 Å². The summed E-state index contributed by atoms with van der Waals surface area (Å²) in [7, 11) is 0. The molecule has 2 heteroatoms. The van der Waals surface area contributed by atoms with Crippen LogP contribution >= 0.6 is 0 Å². The monoisotopic (exact) mass is 254 g/mol. The first-order valence-corrected chi connectivity index (χ1v) is 7.37. The van der Waals surface area contributed by atoms with Crippen LogP contribution in [0.15, 0.2) is 36.7 Å². The number of pyridine rings is 1. The Balaban J connectivity index is 1.97. The minimum Gasteiger partial charge on any atom is -0.314 e. The van der Waals surface area contributed by atoms with E-state index in [1.54, 1.807) is 0 Å². The molecule has 2 aromatic rings. The van der Waals surface area contributed by atoms with Gasteiger partial charge in [-0.2, -0.15) is 0 Å². The summed E-state index contributed by atoms with van der Waals surface area (Å²) in [5.74, 6) is 1.38. The quantitative estimate of drug-likeness (QED) is 0.903. The smallest absolute Gasteiger partial charge is 0.0346 e. The van der Waals surface area contributed by atoms with Gasteiger partial charge in [0.2, 0.25) is 0 Å². The summed E-state index contributed by atoms with van der Waals surface area (Å²) in [4.78, 5) is 4.23. The molecule has 0 amide bonds. The summed E-state index contributed by atoms with van der Waals surface area (Å²) in [5, 5.41) is 6.27. The molecule has 1 aliphatic carbocycles. The van der Waals surface area contributed by atoms with Gasteiger partial charge in [0.1, 0.15) is 0 Å². The van der Waals surface area contributed by atoms with E-state index >= 15 is 0 Å². The number of hydrogen-bond donors (Lipinski definition) is 1. The van der Waals surface area contributed by atoms with E-state index in [2.05, 4.69) is 48.4 Å². The zero-order valence-electron chi connectivity index (χ0n) is 11.8. The van der Waals surface area contributed by atoms with Crippen LogP contribution in [-0.4, -0.2) is 17.6 Å². The number of hydrogen-bond acceptors (Lipinski definition) is 2. The Morgan fingerprint density at radius 1 is 1.26 bits per heavy atom. The number of aromatic nitrogens is 1. The van der Waals surface area contributed by atoms with Crippen LogP contribution in [0.3, 0.4) is 0 Å². The maximum absolute atomic E-state index is 4.23. The molecular weight excluding hydrogens is 232 g/mol. The molecule has 0 bridgehead atoms. The molecule has 0 aliphatic heterocycles. The van der Waals surface area contributed by atoms with E-state index in [-0.39, 0.29) is 0 Å². The molecule has 100 valence electrons. The molecule has 1 aliphatic rings. The third-order valence-corrected chi connectivity index (χ3v) is 4.64. The molecule has 0 radical (unpaired) electrons. The minimum atomic E-state index is 0.673. The highest BCUT2D eigenvalue weighted by molar-refractivity contribution is 5.85. The second-order valence-electron chi connectivity index (χ2n) is 5.65. The van der Waals surface area contributed by atoms with Crippen LogP contribution in [0.5, 0.6) is 0 Å². The van der Waals surface area contributed by atoms with Gasteiger partial charge < -0.3 is 5.32 Å². The summed E-state index contributed by atoms with van der Waals surface area (Å²) in [5.41, 5.74) is 1.51. The first-order valence-electron chi connectivity index (χ1n) is 7.37. The van der Waals surface area contributed by atoms with Crippen molar-refractivity contribution in [2.75, 3.05) is 6.54 Å². The molecule has 1 N–H and O–H groups in total. The molecule has 1 heterocycles. The molecule has 1 aromatic heterocycles. The summed E-state index contributed by atoms with van der Waals surface area (Å²) in [6.07, 6.45) is 6.47. The number of nitrogens with one attached hydrogen (secondary N) is 1. The number of benzene rings is 1. The Hall–Kier alpha value is -1.41. The van der Waals surface area contributed by atoms with E-state index in [0.717, 1.165) is 6.54 Å². The highest BCUT2D eigenvalue weighted by Gasteiger charge is 2.33. The molecule has 1 fully saturated rings. The predicted molar refractivity (Wildman–Crippen MR) is 80.3 cm³/mol. The van der Waals surface area contributed by atoms with Gasteiger partial charge >= 0.3 is 0 Å². The third-order valence-electron chi connectivity index (χ3n) is 4.64. The van der Waals surface area contributed by atoms with Crippen LogP contribution in [0, 0.1) is 5.92 Å². The molecular formula is C17H22N2. The maximum Gasteiger partial charge on any atom is 0.0346 e. The van der Waals surface area contributed by atoms with Crippen LogP contribution in [0.1, 0.15) is 38.2 Å². The standard InChI is InChI=1S/C17H22N2/c1-3-19-17-8-7-14(12(17)2)16-6-4-5-13-11-18-10-9-15(13)16/h4-6,9-12,14,17,19H,3,7-8H2,1-2H3. The SMILES string of the molecule is CCNC1CCC(c2cccc3cnccc23)C1C. The Bertz CT molecular complexity index is 559. The van der Waals surface area contributed by atoms with E-state index in [0.29, 0.717) is 17.9 Å². The lowest BCUT2D eigenvalue weighted by Gasteiger charge is -2.22. The van der Waals surface area contributed by atoms with Crippen LogP contribution in [0.2, 0.25) is 0 Å². The van der Waals surface area contributed by atoms with Gasteiger partial charge in [0.05, 0.1) is 0 Å². The molecule has 3 rings (SSSR count). The van der Waals surface area contributed by atoms with Gasteiger partial charge in [0, 0.05) is 23.8 Å². The second-order valence-corrected chi connectivity index (χ2v) is 5.65. The van der Waals surface area contributed by atoms with E-state index < -0.39 is 0 Å². The number of nitrogens with zero attached hydrogens (tertiary/aromatic N) is 1. The van der Waals surface area contributed by atoms with Crippen molar-refractivity contribution >= 4 is 10.8 Å². The number of fused-ring (bicyclic) bond motifs is 1. The van der Waals surface area contributed by atoms with Gasteiger partial charge in [-0.05, 0) is 48.2 Å². The molecule has 2 nitrogen and oxygen atoms in total.